The second-order valence-electron chi connectivity index (χ2n) is 5.54. The Bertz CT molecular complexity index is 681. The van der Waals surface area contributed by atoms with Crippen LogP contribution in [0.4, 0.5) is 0 Å². The van der Waals surface area contributed by atoms with Gasteiger partial charge in [-0.25, -0.2) is 0 Å². The monoisotopic (exact) mass is 313 g/mol. The van der Waals surface area contributed by atoms with Crippen LogP contribution in [-0.2, 0) is 4.79 Å². The minimum absolute atomic E-state index is 0.195. The van der Waals surface area contributed by atoms with Crippen molar-refractivity contribution in [3.8, 4) is 11.3 Å². The van der Waals surface area contributed by atoms with Gasteiger partial charge in [0, 0.05) is 37.7 Å². The Labute approximate surface area is 134 Å². The van der Waals surface area contributed by atoms with Crippen LogP contribution in [0.1, 0.15) is 29.8 Å². The number of amides is 2. The quantitative estimate of drug-likeness (QED) is 0.829. The van der Waals surface area contributed by atoms with Crippen LogP contribution in [0.3, 0.4) is 0 Å². The van der Waals surface area contributed by atoms with Crippen LogP contribution in [0.25, 0.3) is 11.3 Å². The number of nitrogens with zero attached hydrogens (tertiary/aromatic N) is 2. The number of carbonyl (C=O) groups is 2. The summed E-state index contributed by atoms with van der Waals surface area (Å²) >= 11 is 0. The standard InChI is InChI=1S/C17H19N3O3/c21-16-8-4-10-20(16)11-5-9-18-17(22)15-12-14(19-23-15)13-6-2-1-3-7-13/h1-3,6-7,12H,4-5,8-11H2,(H,18,22). The summed E-state index contributed by atoms with van der Waals surface area (Å²) in [6.45, 7) is 2.02. The summed E-state index contributed by atoms with van der Waals surface area (Å²) in [5, 5.41) is 6.71. The number of hydrogen-bond acceptors (Lipinski definition) is 4. The van der Waals surface area contributed by atoms with Gasteiger partial charge in [0.25, 0.3) is 5.91 Å². The highest BCUT2D eigenvalue weighted by atomic mass is 16.5. The lowest BCUT2D eigenvalue weighted by molar-refractivity contribution is -0.127. The van der Waals surface area contributed by atoms with Gasteiger partial charge < -0.3 is 14.7 Å². The van der Waals surface area contributed by atoms with E-state index in [1.165, 1.54) is 0 Å². The van der Waals surface area contributed by atoms with E-state index < -0.39 is 0 Å². The molecule has 0 aliphatic carbocycles. The van der Waals surface area contributed by atoms with Crippen LogP contribution >= 0.6 is 0 Å². The molecule has 0 unspecified atom stereocenters. The lowest BCUT2D eigenvalue weighted by atomic mass is 10.1. The maximum atomic E-state index is 12.0. The van der Waals surface area contributed by atoms with E-state index >= 15 is 0 Å². The Morgan fingerprint density at radius 1 is 1.30 bits per heavy atom. The number of rotatable bonds is 6. The lowest BCUT2D eigenvalue weighted by Crippen LogP contribution is -2.30. The summed E-state index contributed by atoms with van der Waals surface area (Å²) in [7, 11) is 0. The fourth-order valence-electron chi connectivity index (χ4n) is 2.63. The zero-order valence-corrected chi connectivity index (χ0v) is 12.8. The molecule has 0 atom stereocenters. The Hall–Kier alpha value is -2.63. The SMILES string of the molecule is O=C(NCCCN1CCCC1=O)c1cc(-c2ccccc2)no1. The highest BCUT2D eigenvalue weighted by Gasteiger charge is 2.19. The molecule has 0 bridgehead atoms. The molecule has 120 valence electrons. The van der Waals surface area contributed by atoms with E-state index in [9.17, 15) is 9.59 Å². The van der Waals surface area contributed by atoms with Gasteiger partial charge in [0.2, 0.25) is 11.7 Å². The first-order valence-corrected chi connectivity index (χ1v) is 7.82. The number of hydrogen-bond donors (Lipinski definition) is 1. The van der Waals surface area contributed by atoms with Gasteiger partial charge in [-0.2, -0.15) is 0 Å². The Balaban J connectivity index is 1.47. The molecule has 1 fully saturated rings. The average molecular weight is 313 g/mol. The first-order valence-electron chi connectivity index (χ1n) is 7.82. The Morgan fingerprint density at radius 2 is 2.13 bits per heavy atom. The molecule has 23 heavy (non-hydrogen) atoms. The maximum absolute atomic E-state index is 12.0. The Kier molecular flexibility index (Phi) is 4.71. The summed E-state index contributed by atoms with van der Waals surface area (Å²) < 4.78 is 5.10. The third kappa shape index (κ3) is 3.77. The van der Waals surface area contributed by atoms with Crippen LogP contribution < -0.4 is 5.32 Å². The van der Waals surface area contributed by atoms with Gasteiger partial charge in [-0.15, -0.1) is 0 Å². The second-order valence-corrected chi connectivity index (χ2v) is 5.54. The maximum Gasteiger partial charge on any atom is 0.289 e. The summed E-state index contributed by atoms with van der Waals surface area (Å²) in [5.74, 6) is 0.118. The van der Waals surface area contributed by atoms with Crippen molar-refractivity contribution in [2.24, 2.45) is 0 Å². The summed E-state index contributed by atoms with van der Waals surface area (Å²) in [6.07, 6.45) is 2.31. The van der Waals surface area contributed by atoms with Crippen LogP contribution in [0.5, 0.6) is 0 Å². The molecule has 2 amide bonds. The lowest BCUT2D eigenvalue weighted by Gasteiger charge is -2.14. The van der Waals surface area contributed by atoms with E-state index in [1.807, 2.05) is 35.2 Å². The molecule has 1 aromatic heterocycles. The van der Waals surface area contributed by atoms with E-state index in [-0.39, 0.29) is 17.6 Å². The van der Waals surface area contributed by atoms with Gasteiger partial charge >= 0.3 is 0 Å². The van der Waals surface area contributed by atoms with Crippen LogP contribution in [0, 0.1) is 0 Å². The van der Waals surface area contributed by atoms with E-state index in [2.05, 4.69) is 10.5 Å². The molecule has 1 saturated heterocycles. The molecule has 6 heteroatoms. The molecule has 1 aliphatic heterocycles. The molecule has 1 N–H and O–H groups in total. The third-order valence-corrected chi connectivity index (χ3v) is 3.87. The molecule has 0 radical (unpaired) electrons. The molecule has 0 spiro atoms. The molecular formula is C17H19N3O3. The van der Waals surface area contributed by atoms with Gasteiger partial charge in [0.1, 0.15) is 5.69 Å². The molecule has 6 nitrogen and oxygen atoms in total. The molecule has 1 aromatic carbocycles. The van der Waals surface area contributed by atoms with Gasteiger partial charge in [-0.05, 0) is 12.8 Å². The summed E-state index contributed by atoms with van der Waals surface area (Å²) in [4.78, 5) is 25.3. The van der Waals surface area contributed by atoms with Gasteiger partial charge in [0.15, 0.2) is 0 Å². The predicted octanol–water partition coefficient (Wildman–Crippen LogP) is 2.08. The van der Waals surface area contributed by atoms with Crippen molar-refractivity contribution >= 4 is 11.8 Å². The van der Waals surface area contributed by atoms with Crippen molar-refractivity contribution in [3.05, 3.63) is 42.2 Å². The number of likely N-dealkylation sites (tertiary alicyclic amines) is 1. The van der Waals surface area contributed by atoms with Crippen molar-refractivity contribution in [3.63, 3.8) is 0 Å². The molecule has 2 aromatic rings. The minimum Gasteiger partial charge on any atom is -0.350 e. The summed E-state index contributed by atoms with van der Waals surface area (Å²) in [5.41, 5.74) is 1.54. The van der Waals surface area contributed by atoms with E-state index in [1.54, 1.807) is 6.07 Å². The zero-order valence-electron chi connectivity index (χ0n) is 12.8. The molecule has 0 saturated carbocycles. The molecule has 1 aliphatic rings. The van der Waals surface area contributed by atoms with Crippen LogP contribution in [-0.4, -0.2) is 41.5 Å². The third-order valence-electron chi connectivity index (χ3n) is 3.87. The molecule has 3 rings (SSSR count). The summed E-state index contributed by atoms with van der Waals surface area (Å²) in [6, 6.07) is 11.2. The number of aromatic nitrogens is 1. The van der Waals surface area contributed by atoms with E-state index in [0.29, 0.717) is 25.2 Å². The van der Waals surface area contributed by atoms with E-state index in [0.717, 1.165) is 24.9 Å². The van der Waals surface area contributed by atoms with Crippen molar-refractivity contribution in [1.82, 2.24) is 15.4 Å². The normalized spacial score (nSPS) is 14.3. The minimum atomic E-state index is -0.285. The topological polar surface area (TPSA) is 75.4 Å². The van der Waals surface area contributed by atoms with Crippen molar-refractivity contribution in [1.29, 1.82) is 0 Å². The molecular weight excluding hydrogens is 294 g/mol. The van der Waals surface area contributed by atoms with Gasteiger partial charge in [-0.1, -0.05) is 35.5 Å². The Morgan fingerprint density at radius 3 is 2.87 bits per heavy atom. The molecule has 2 heterocycles. The van der Waals surface area contributed by atoms with Gasteiger partial charge in [0.05, 0.1) is 0 Å². The second kappa shape index (κ2) is 7.09. The largest absolute Gasteiger partial charge is 0.350 e. The fourth-order valence-corrected chi connectivity index (χ4v) is 2.63. The van der Waals surface area contributed by atoms with Gasteiger partial charge in [-0.3, -0.25) is 9.59 Å². The van der Waals surface area contributed by atoms with Crippen molar-refractivity contribution in [2.75, 3.05) is 19.6 Å². The van der Waals surface area contributed by atoms with Crippen LogP contribution in [0.2, 0.25) is 0 Å². The number of carbonyl (C=O) groups excluding carboxylic acids is 2. The highest BCUT2D eigenvalue weighted by molar-refractivity contribution is 5.92. The highest BCUT2D eigenvalue weighted by Crippen LogP contribution is 2.18. The fraction of sp³-hybridized carbons (Fsp3) is 0.353. The predicted molar refractivity (Wildman–Crippen MR) is 84.7 cm³/mol. The first-order chi connectivity index (χ1) is 11.2. The average Bonchev–Trinajstić information content (AvgIpc) is 3.22. The van der Waals surface area contributed by atoms with Crippen LogP contribution in [0.15, 0.2) is 40.9 Å². The zero-order chi connectivity index (χ0) is 16.1. The first kappa shape index (κ1) is 15.3. The number of benzene rings is 1. The smallest absolute Gasteiger partial charge is 0.289 e. The van der Waals surface area contributed by atoms with Crippen molar-refractivity contribution in [2.45, 2.75) is 19.3 Å². The van der Waals surface area contributed by atoms with E-state index in [4.69, 9.17) is 4.52 Å². The van der Waals surface area contributed by atoms with Crippen molar-refractivity contribution < 1.29 is 14.1 Å². The number of nitrogens with one attached hydrogen (secondary N) is 1.